The summed E-state index contributed by atoms with van der Waals surface area (Å²) in [6, 6.07) is 12.6. The van der Waals surface area contributed by atoms with Gasteiger partial charge in [0.1, 0.15) is 31.5 Å². The zero-order valence-corrected chi connectivity index (χ0v) is 17.5. The smallest absolute Gasteiger partial charge is 0.182 e. The maximum absolute atomic E-state index is 13.5. The molecule has 3 rings (SSSR count). The third kappa shape index (κ3) is 6.20. The molecule has 162 valence electrons. The number of aryl methyl sites for hydroxylation is 1. The molecule has 1 aliphatic rings. The minimum atomic E-state index is -0.509. The highest BCUT2D eigenvalue weighted by atomic mass is 19.1. The van der Waals surface area contributed by atoms with Crippen LogP contribution in [0.2, 0.25) is 0 Å². The molecule has 0 aromatic heterocycles. The van der Waals surface area contributed by atoms with Crippen LogP contribution in [0.3, 0.4) is 0 Å². The fourth-order valence-electron chi connectivity index (χ4n) is 3.65. The first-order valence-electron chi connectivity index (χ1n) is 10.4. The van der Waals surface area contributed by atoms with Crippen molar-refractivity contribution in [1.29, 1.82) is 0 Å². The van der Waals surface area contributed by atoms with Gasteiger partial charge in [0, 0.05) is 12.6 Å². The highest BCUT2D eigenvalue weighted by Gasteiger charge is 2.24. The van der Waals surface area contributed by atoms with E-state index in [-0.39, 0.29) is 12.4 Å². The van der Waals surface area contributed by atoms with Gasteiger partial charge < -0.3 is 19.7 Å². The van der Waals surface area contributed by atoms with E-state index >= 15 is 0 Å². The van der Waals surface area contributed by atoms with E-state index in [4.69, 9.17) is 9.47 Å². The van der Waals surface area contributed by atoms with Crippen molar-refractivity contribution in [3.05, 3.63) is 77.4 Å². The van der Waals surface area contributed by atoms with Crippen LogP contribution in [-0.4, -0.2) is 37.3 Å². The van der Waals surface area contributed by atoms with Gasteiger partial charge in [-0.2, -0.15) is 0 Å². The van der Waals surface area contributed by atoms with Gasteiger partial charge in [-0.1, -0.05) is 18.2 Å². The Labute approximate surface area is 177 Å². The first-order chi connectivity index (χ1) is 14.6. The maximum atomic E-state index is 13.5. The topological polar surface area (TPSA) is 33.7 Å². The number of piperidine rings is 1. The minimum absolute atomic E-state index is 0.0562. The molecule has 0 spiro atoms. The Morgan fingerprint density at radius 1 is 1.17 bits per heavy atom. The van der Waals surface area contributed by atoms with E-state index in [9.17, 15) is 8.78 Å². The molecule has 1 N–H and O–H groups in total. The predicted molar refractivity (Wildman–Crippen MR) is 114 cm³/mol. The van der Waals surface area contributed by atoms with E-state index in [2.05, 4.69) is 16.8 Å². The SMILES string of the molecule is C=C(OCc1ccc(OCCF)cc1)N(Cc1ccc(F)cc1C)C1CCNCC1. The fourth-order valence-corrected chi connectivity index (χ4v) is 3.65. The molecule has 2 aromatic carbocycles. The second kappa shape index (κ2) is 11.0. The summed E-state index contributed by atoms with van der Waals surface area (Å²) in [7, 11) is 0. The van der Waals surface area contributed by atoms with Gasteiger partial charge in [0.05, 0.1) is 0 Å². The maximum Gasteiger partial charge on any atom is 0.182 e. The minimum Gasteiger partial charge on any atom is -0.491 e. The molecule has 30 heavy (non-hydrogen) atoms. The van der Waals surface area contributed by atoms with E-state index < -0.39 is 6.67 Å². The highest BCUT2D eigenvalue weighted by molar-refractivity contribution is 5.28. The molecule has 0 unspecified atom stereocenters. The van der Waals surface area contributed by atoms with Crippen LogP contribution in [0.5, 0.6) is 5.75 Å². The summed E-state index contributed by atoms with van der Waals surface area (Å²) in [5.41, 5.74) is 2.96. The first kappa shape index (κ1) is 22.1. The van der Waals surface area contributed by atoms with E-state index in [1.807, 2.05) is 37.3 Å². The summed E-state index contributed by atoms with van der Waals surface area (Å²) in [6.45, 7) is 8.59. The molecule has 1 fully saturated rings. The van der Waals surface area contributed by atoms with Crippen molar-refractivity contribution in [2.24, 2.45) is 0 Å². The average molecular weight is 417 g/mol. The second-order valence-electron chi connectivity index (χ2n) is 7.54. The third-order valence-electron chi connectivity index (χ3n) is 5.39. The largest absolute Gasteiger partial charge is 0.491 e. The zero-order chi connectivity index (χ0) is 21.3. The van der Waals surface area contributed by atoms with Crippen LogP contribution in [-0.2, 0) is 17.9 Å². The first-order valence-corrected chi connectivity index (χ1v) is 10.4. The van der Waals surface area contributed by atoms with E-state index in [1.54, 1.807) is 6.07 Å². The van der Waals surface area contributed by atoms with Gasteiger partial charge in [-0.15, -0.1) is 0 Å². The number of benzene rings is 2. The standard InChI is InChI=1S/C24H30F2N2O2/c1-18-15-22(26)6-5-21(18)16-28(23-9-12-27-13-10-23)19(2)30-17-20-3-7-24(8-4-20)29-14-11-25/h3-8,15,23,27H,2,9-14,16-17H2,1H3. The molecule has 6 heteroatoms. The molecule has 0 saturated carbocycles. The lowest BCUT2D eigenvalue weighted by atomic mass is 10.0. The molecular weight excluding hydrogens is 386 g/mol. The van der Waals surface area contributed by atoms with E-state index in [1.165, 1.54) is 6.07 Å². The third-order valence-corrected chi connectivity index (χ3v) is 5.39. The lowest BCUT2D eigenvalue weighted by Gasteiger charge is -2.37. The molecule has 1 aliphatic heterocycles. The van der Waals surface area contributed by atoms with Crippen LogP contribution in [0.25, 0.3) is 0 Å². The number of rotatable bonds is 10. The van der Waals surface area contributed by atoms with Crippen molar-refractivity contribution < 1.29 is 18.3 Å². The van der Waals surface area contributed by atoms with E-state index in [0.29, 0.717) is 30.8 Å². The lowest BCUT2D eigenvalue weighted by molar-refractivity contribution is 0.0617. The van der Waals surface area contributed by atoms with E-state index in [0.717, 1.165) is 42.6 Å². The summed E-state index contributed by atoms with van der Waals surface area (Å²) in [5.74, 6) is 1.03. The van der Waals surface area contributed by atoms with Crippen LogP contribution in [0.15, 0.2) is 54.9 Å². The normalized spacial score (nSPS) is 14.4. The summed E-state index contributed by atoms with van der Waals surface area (Å²) in [5, 5.41) is 3.39. The van der Waals surface area contributed by atoms with Crippen molar-refractivity contribution in [2.75, 3.05) is 26.4 Å². The van der Waals surface area contributed by atoms with Crippen LogP contribution < -0.4 is 10.1 Å². The molecule has 1 heterocycles. The summed E-state index contributed by atoms with van der Waals surface area (Å²) in [6.07, 6.45) is 2.01. The van der Waals surface area contributed by atoms with Gasteiger partial charge in [0.25, 0.3) is 0 Å². The molecule has 0 bridgehead atoms. The van der Waals surface area contributed by atoms with Crippen LogP contribution >= 0.6 is 0 Å². The average Bonchev–Trinajstić information content (AvgIpc) is 2.77. The number of nitrogens with one attached hydrogen (secondary N) is 1. The van der Waals surface area contributed by atoms with Crippen molar-refractivity contribution in [2.45, 2.75) is 39.0 Å². The molecule has 0 amide bonds. The Kier molecular flexibility index (Phi) is 8.08. The molecule has 1 saturated heterocycles. The van der Waals surface area contributed by atoms with Gasteiger partial charge in [0.2, 0.25) is 0 Å². The van der Waals surface area contributed by atoms with Crippen molar-refractivity contribution >= 4 is 0 Å². The van der Waals surface area contributed by atoms with Gasteiger partial charge in [-0.05, 0) is 80.4 Å². The number of hydrogen-bond acceptors (Lipinski definition) is 4. The highest BCUT2D eigenvalue weighted by Crippen LogP contribution is 2.24. The van der Waals surface area contributed by atoms with Crippen molar-refractivity contribution in [1.82, 2.24) is 10.2 Å². The van der Waals surface area contributed by atoms with Gasteiger partial charge >= 0.3 is 0 Å². The van der Waals surface area contributed by atoms with Crippen LogP contribution in [0.4, 0.5) is 8.78 Å². The summed E-state index contributed by atoms with van der Waals surface area (Å²) in [4.78, 5) is 2.19. The Hall–Kier alpha value is -2.60. The molecule has 0 radical (unpaired) electrons. The second-order valence-corrected chi connectivity index (χ2v) is 7.54. The Morgan fingerprint density at radius 3 is 2.57 bits per heavy atom. The number of ether oxygens (including phenoxy) is 2. The summed E-state index contributed by atoms with van der Waals surface area (Å²) >= 11 is 0. The number of halogens is 2. The quantitative estimate of drug-likeness (QED) is 0.568. The molecule has 2 aromatic rings. The summed E-state index contributed by atoms with van der Waals surface area (Å²) < 4.78 is 37.0. The molecular formula is C24H30F2N2O2. The number of alkyl halides is 1. The number of nitrogens with zero attached hydrogens (tertiary/aromatic N) is 1. The molecule has 0 aliphatic carbocycles. The monoisotopic (exact) mass is 416 g/mol. The number of hydrogen-bond donors (Lipinski definition) is 1. The van der Waals surface area contributed by atoms with Gasteiger partial charge in [-0.3, -0.25) is 0 Å². The lowest BCUT2D eigenvalue weighted by Crippen LogP contribution is -2.42. The molecule has 4 nitrogen and oxygen atoms in total. The van der Waals surface area contributed by atoms with Gasteiger partial charge in [-0.25, -0.2) is 8.78 Å². The Morgan fingerprint density at radius 2 is 1.90 bits per heavy atom. The fraction of sp³-hybridized carbons (Fsp3) is 0.417. The van der Waals surface area contributed by atoms with Crippen molar-refractivity contribution in [3.63, 3.8) is 0 Å². The predicted octanol–water partition coefficient (Wildman–Crippen LogP) is 4.72. The van der Waals surface area contributed by atoms with Crippen LogP contribution in [0, 0.1) is 12.7 Å². The van der Waals surface area contributed by atoms with Crippen LogP contribution in [0.1, 0.15) is 29.5 Å². The van der Waals surface area contributed by atoms with Crippen molar-refractivity contribution in [3.8, 4) is 5.75 Å². The van der Waals surface area contributed by atoms with Gasteiger partial charge in [0.15, 0.2) is 5.88 Å². The zero-order valence-electron chi connectivity index (χ0n) is 17.5. The Bertz CT molecular complexity index is 820. The molecule has 0 atom stereocenters. The Balaban J connectivity index is 1.65.